The van der Waals surface area contributed by atoms with Gasteiger partial charge >= 0.3 is 0 Å². The van der Waals surface area contributed by atoms with Crippen LogP contribution < -0.4 is 5.32 Å². The fourth-order valence-electron chi connectivity index (χ4n) is 4.10. The highest BCUT2D eigenvalue weighted by molar-refractivity contribution is 6.30. The molecule has 1 spiro atoms. The van der Waals surface area contributed by atoms with Gasteiger partial charge in [-0.15, -0.1) is 0 Å². The molecule has 3 heterocycles. The van der Waals surface area contributed by atoms with E-state index in [2.05, 4.69) is 15.3 Å². The van der Waals surface area contributed by atoms with E-state index in [-0.39, 0.29) is 11.8 Å². The highest BCUT2D eigenvalue weighted by Crippen LogP contribution is 2.40. The monoisotopic (exact) mass is 398 g/mol. The highest BCUT2D eigenvalue weighted by atomic mass is 35.5. The molecule has 0 unspecified atom stereocenters. The number of nitrogens with zero attached hydrogens (tertiary/aromatic N) is 3. The average Bonchev–Trinajstić information content (AvgIpc) is 3.04. The van der Waals surface area contributed by atoms with Crippen LogP contribution in [0.1, 0.15) is 40.0 Å². The summed E-state index contributed by atoms with van der Waals surface area (Å²) in [5.74, 6) is -0.130. The molecule has 3 rings (SSSR count). The molecule has 2 aliphatic rings. The number of hydrogen-bond donors (Lipinski definition) is 2. The summed E-state index contributed by atoms with van der Waals surface area (Å²) in [7, 11) is 0. The van der Waals surface area contributed by atoms with Crippen molar-refractivity contribution in [3.8, 4) is 0 Å². The fourth-order valence-corrected chi connectivity index (χ4v) is 4.25. The second-order valence-electron chi connectivity index (χ2n) is 8.39. The summed E-state index contributed by atoms with van der Waals surface area (Å²) >= 11 is 5.91. The Hall–Kier alpha value is -1.15. The molecule has 1 amide bonds. The molecule has 0 saturated carbocycles. The van der Waals surface area contributed by atoms with E-state index < -0.39 is 17.2 Å². The largest absolute Gasteiger partial charge is 0.388 e. The predicted molar refractivity (Wildman–Crippen MR) is 104 cm³/mol. The van der Waals surface area contributed by atoms with Crippen LogP contribution in [0.5, 0.6) is 0 Å². The lowest BCUT2D eigenvalue weighted by atomic mass is 9.73. The molecule has 2 N–H and O–H groups in total. The lowest BCUT2D eigenvalue weighted by Gasteiger charge is -2.53. The lowest BCUT2D eigenvalue weighted by molar-refractivity contribution is -0.208. The fraction of sp³-hybridized carbons (Fsp3) is 0.789. The highest BCUT2D eigenvalue weighted by Gasteiger charge is 2.53. The Morgan fingerprint density at radius 1 is 1.41 bits per heavy atom. The number of halogens is 1. The van der Waals surface area contributed by atoms with Gasteiger partial charge in [0.25, 0.3) is 0 Å². The predicted octanol–water partition coefficient (Wildman–Crippen LogP) is 1.68. The van der Waals surface area contributed by atoms with Crippen molar-refractivity contribution in [3.63, 3.8) is 0 Å². The van der Waals surface area contributed by atoms with Crippen molar-refractivity contribution < 1.29 is 14.6 Å². The maximum absolute atomic E-state index is 12.2. The number of carbonyl (C=O) groups is 1. The minimum atomic E-state index is -0.714. The van der Waals surface area contributed by atoms with Crippen molar-refractivity contribution in [2.45, 2.75) is 63.8 Å². The molecule has 27 heavy (non-hydrogen) atoms. The van der Waals surface area contributed by atoms with E-state index >= 15 is 0 Å². The topological polar surface area (TPSA) is 79.6 Å². The van der Waals surface area contributed by atoms with Gasteiger partial charge in [0.05, 0.1) is 28.9 Å². The molecule has 8 heteroatoms. The number of aliphatic hydroxyl groups excluding tert-OH is 1. The molecule has 152 valence electrons. The van der Waals surface area contributed by atoms with E-state index in [9.17, 15) is 9.90 Å². The number of aromatic nitrogens is 2. The molecule has 0 aromatic carbocycles. The number of likely N-dealkylation sites (tertiary alicyclic amines) is 1. The first kappa shape index (κ1) is 20.6. The van der Waals surface area contributed by atoms with Crippen molar-refractivity contribution in [3.05, 3.63) is 17.4 Å². The molecule has 0 bridgehead atoms. The Morgan fingerprint density at radius 2 is 2.11 bits per heavy atom. The average molecular weight is 399 g/mol. The smallest absolute Gasteiger partial charge is 0.223 e. The van der Waals surface area contributed by atoms with Gasteiger partial charge in [0.2, 0.25) is 5.91 Å². The van der Waals surface area contributed by atoms with Gasteiger partial charge in [-0.3, -0.25) is 9.48 Å². The Kier molecular flexibility index (Phi) is 6.15. The number of rotatable bonds is 5. The van der Waals surface area contributed by atoms with Crippen LogP contribution in [0.2, 0.25) is 5.02 Å². The van der Waals surface area contributed by atoms with Crippen LogP contribution >= 0.6 is 11.6 Å². The minimum absolute atomic E-state index is 0.0241. The van der Waals surface area contributed by atoms with Crippen LogP contribution in [-0.4, -0.2) is 69.2 Å². The standard InChI is InChI=1S/C19H31ClN4O3/c1-14(2)16(25)22-18(3)6-11-27-19(17(18)26)4-7-23(8-5-19)9-10-24-13-15(20)12-21-24/h12-14,17,26H,4-11H2,1-3H3,(H,22,25)/t17-,18+/m1/s1. The third-order valence-electron chi connectivity index (χ3n) is 6.00. The molecule has 2 aliphatic heterocycles. The van der Waals surface area contributed by atoms with Crippen molar-refractivity contribution >= 4 is 17.5 Å². The van der Waals surface area contributed by atoms with E-state index in [1.54, 1.807) is 6.20 Å². The quantitative estimate of drug-likeness (QED) is 0.788. The summed E-state index contributed by atoms with van der Waals surface area (Å²) in [5.41, 5.74) is -1.23. The molecule has 2 atom stereocenters. The van der Waals surface area contributed by atoms with E-state index in [1.807, 2.05) is 31.6 Å². The van der Waals surface area contributed by atoms with Crippen LogP contribution in [0.25, 0.3) is 0 Å². The number of amides is 1. The molecule has 2 saturated heterocycles. The maximum Gasteiger partial charge on any atom is 0.223 e. The summed E-state index contributed by atoms with van der Waals surface area (Å²) in [6.07, 6.45) is 4.88. The molecule has 0 radical (unpaired) electrons. The minimum Gasteiger partial charge on any atom is -0.388 e. The SMILES string of the molecule is CC(C)C(=O)N[C@@]1(C)CCOC2(CCN(CCn3cc(Cl)cn3)CC2)[C@@H]1O. The van der Waals surface area contributed by atoms with Crippen molar-refractivity contribution in [2.75, 3.05) is 26.2 Å². The first-order valence-corrected chi connectivity index (χ1v) is 10.2. The van der Waals surface area contributed by atoms with E-state index in [4.69, 9.17) is 16.3 Å². The van der Waals surface area contributed by atoms with Gasteiger partial charge in [0.1, 0.15) is 6.10 Å². The number of ether oxygens (including phenoxy) is 1. The van der Waals surface area contributed by atoms with Gasteiger partial charge in [-0.2, -0.15) is 5.10 Å². The summed E-state index contributed by atoms with van der Waals surface area (Å²) in [6, 6.07) is 0. The zero-order valence-electron chi connectivity index (χ0n) is 16.4. The lowest BCUT2D eigenvalue weighted by Crippen LogP contribution is -2.69. The zero-order chi connectivity index (χ0) is 19.7. The van der Waals surface area contributed by atoms with Crippen molar-refractivity contribution in [2.24, 2.45) is 5.92 Å². The van der Waals surface area contributed by atoms with Crippen LogP contribution in [0.4, 0.5) is 0 Å². The Bertz CT molecular complexity index is 657. The third kappa shape index (κ3) is 4.47. The van der Waals surface area contributed by atoms with Gasteiger partial charge in [0.15, 0.2) is 0 Å². The summed E-state index contributed by atoms with van der Waals surface area (Å²) in [6.45, 7) is 9.59. The Balaban J connectivity index is 1.57. The number of hydrogen-bond acceptors (Lipinski definition) is 5. The molecule has 0 aliphatic carbocycles. The van der Waals surface area contributed by atoms with Gasteiger partial charge in [-0.25, -0.2) is 0 Å². The van der Waals surface area contributed by atoms with Crippen LogP contribution in [0, 0.1) is 5.92 Å². The number of piperidine rings is 1. The molecular weight excluding hydrogens is 368 g/mol. The van der Waals surface area contributed by atoms with Crippen molar-refractivity contribution in [1.82, 2.24) is 20.0 Å². The number of carbonyl (C=O) groups excluding carboxylic acids is 1. The van der Waals surface area contributed by atoms with E-state index in [1.165, 1.54) is 0 Å². The normalized spacial score (nSPS) is 28.6. The molecular formula is C19H31ClN4O3. The molecule has 7 nitrogen and oxygen atoms in total. The Labute approximate surface area is 166 Å². The number of aliphatic hydroxyl groups is 1. The summed E-state index contributed by atoms with van der Waals surface area (Å²) < 4.78 is 7.95. The second kappa shape index (κ2) is 8.07. The second-order valence-corrected chi connectivity index (χ2v) is 8.83. The van der Waals surface area contributed by atoms with Gasteiger partial charge < -0.3 is 20.1 Å². The first-order valence-electron chi connectivity index (χ1n) is 9.78. The maximum atomic E-state index is 12.2. The van der Waals surface area contributed by atoms with Crippen molar-refractivity contribution in [1.29, 1.82) is 0 Å². The molecule has 1 aromatic rings. The zero-order valence-corrected chi connectivity index (χ0v) is 17.2. The van der Waals surface area contributed by atoms with E-state index in [0.717, 1.165) is 39.0 Å². The Morgan fingerprint density at radius 3 is 2.70 bits per heavy atom. The van der Waals surface area contributed by atoms with Crippen LogP contribution in [-0.2, 0) is 16.1 Å². The van der Waals surface area contributed by atoms with Gasteiger partial charge in [-0.05, 0) is 26.2 Å². The first-order chi connectivity index (χ1) is 12.7. The summed E-state index contributed by atoms with van der Waals surface area (Å²) in [5, 5.41) is 19.1. The third-order valence-corrected chi connectivity index (χ3v) is 6.19. The number of nitrogens with one attached hydrogen (secondary N) is 1. The van der Waals surface area contributed by atoms with Crippen LogP contribution in [0.15, 0.2) is 12.4 Å². The van der Waals surface area contributed by atoms with Gasteiger partial charge in [-0.1, -0.05) is 25.4 Å². The van der Waals surface area contributed by atoms with E-state index in [0.29, 0.717) is 18.1 Å². The van der Waals surface area contributed by atoms with Gasteiger partial charge in [0, 0.05) is 38.4 Å². The van der Waals surface area contributed by atoms with Crippen LogP contribution in [0.3, 0.4) is 0 Å². The molecule has 1 aromatic heterocycles. The summed E-state index contributed by atoms with van der Waals surface area (Å²) in [4.78, 5) is 14.6. The molecule has 2 fully saturated rings.